The molecule has 0 saturated carbocycles. The van der Waals surface area contributed by atoms with Crippen LogP contribution in [0.2, 0.25) is 18.1 Å². The van der Waals surface area contributed by atoms with E-state index in [-0.39, 0.29) is 23.4 Å². The van der Waals surface area contributed by atoms with Crippen molar-refractivity contribution in [2.75, 3.05) is 0 Å². The van der Waals surface area contributed by atoms with Crippen LogP contribution in [0.15, 0.2) is 5.11 Å². The highest BCUT2D eigenvalue weighted by atomic mass is 28.4. The third kappa shape index (κ3) is 2.73. The topological polar surface area (TPSA) is 87.5 Å². The summed E-state index contributed by atoms with van der Waals surface area (Å²) < 4.78 is 12.2. The van der Waals surface area contributed by atoms with Gasteiger partial charge in [-0.25, -0.2) is 0 Å². The van der Waals surface area contributed by atoms with Gasteiger partial charge in [-0.2, -0.15) is 0 Å². The Morgan fingerprint density at radius 2 is 1.90 bits per heavy atom. The molecule has 20 heavy (non-hydrogen) atoms. The van der Waals surface area contributed by atoms with Crippen molar-refractivity contribution < 1.29 is 14.3 Å². The van der Waals surface area contributed by atoms with Crippen LogP contribution in [0.1, 0.15) is 33.6 Å². The summed E-state index contributed by atoms with van der Waals surface area (Å²) in [6.07, 6.45) is 0.289. The van der Waals surface area contributed by atoms with Gasteiger partial charge >= 0.3 is 0 Å². The molecular weight excluding hydrogens is 274 g/mol. The fourth-order valence-electron chi connectivity index (χ4n) is 2.68. The summed E-state index contributed by atoms with van der Waals surface area (Å²) in [6.45, 7) is 10.8. The van der Waals surface area contributed by atoms with Crippen LogP contribution in [-0.4, -0.2) is 43.9 Å². The lowest BCUT2D eigenvalue weighted by Crippen LogP contribution is -2.58. The molecule has 0 aliphatic carbocycles. The van der Waals surface area contributed by atoms with E-state index < -0.39 is 20.5 Å². The quantitative estimate of drug-likeness (QED) is 0.376. The van der Waals surface area contributed by atoms with Crippen LogP contribution in [0.5, 0.6) is 0 Å². The lowest BCUT2D eigenvalue weighted by molar-refractivity contribution is -0.140. The fraction of sp³-hybridized carbons (Fsp3) is 1.00. The van der Waals surface area contributed by atoms with Crippen molar-refractivity contribution in [1.82, 2.24) is 0 Å². The van der Waals surface area contributed by atoms with Crippen LogP contribution in [0.3, 0.4) is 0 Å². The van der Waals surface area contributed by atoms with Crippen molar-refractivity contribution in [3.63, 3.8) is 0 Å². The third-order valence-electron chi connectivity index (χ3n) is 4.94. The molecule has 2 fully saturated rings. The Kier molecular flexibility index (Phi) is 4.19. The molecule has 0 radical (unpaired) electrons. The Balaban J connectivity index is 2.20. The van der Waals surface area contributed by atoms with Gasteiger partial charge in [0.25, 0.3) is 0 Å². The summed E-state index contributed by atoms with van der Waals surface area (Å²) in [7, 11) is -2.00. The molecule has 5 atom stereocenters. The molecule has 0 spiro atoms. The maximum Gasteiger partial charge on any atom is 0.192 e. The zero-order valence-electron chi connectivity index (χ0n) is 12.9. The van der Waals surface area contributed by atoms with E-state index >= 15 is 0 Å². The minimum Gasteiger partial charge on any atom is -0.409 e. The Morgan fingerprint density at radius 3 is 2.45 bits per heavy atom. The molecule has 114 valence electrons. The largest absolute Gasteiger partial charge is 0.409 e. The number of fused-ring (bicyclic) bond motifs is 2. The molecule has 2 bridgehead atoms. The van der Waals surface area contributed by atoms with E-state index in [4.69, 9.17) is 14.7 Å². The van der Waals surface area contributed by atoms with Crippen LogP contribution in [0.25, 0.3) is 10.4 Å². The normalized spacial score (nSPS) is 37.6. The van der Waals surface area contributed by atoms with E-state index in [1.807, 2.05) is 0 Å². The van der Waals surface area contributed by atoms with E-state index in [0.29, 0.717) is 0 Å². The SMILES string of the molecule is CC(C)(C)[Si](C)(C)O[C@H]1C(O)[C@H](N=[N+]=[N-])C2CC[C@H]1O2. The molecule has 6 nitrogen and oxygen atoms in total. The van der Waals surface area contributed by atoms with E-state index in [1.54, 1.807) is 0 Å². The highest BCUT2D eigenvalue weighted by molar-refractivity contribution is 6.74. The molecule has 2 aliphatic heterocycles. The van der Waals surface area contributed by atoms with Gasteiger partial charge in [-0.05, 0) is 36.5 Å². The molecule has 1 N–H and O–H groups in total. The van der Waals surface area contributed by atoms with Crippen LogP contribution in [-0.2, 0) is 9.16 Å². The van der Waals surface area contributed by atoms with Crippen molar-refractivity contribution in [3.05, 3.63) is 10.4 Å². The van der Waals surface area contributed by atoms with Crippen molar-refractivity contribution in [1.29, 1.82) is 0 Å². The van der Waals surface area contributed by atoms with Gasteiger partial charge in [0.15, 0.2) is 8.32 Å². The van der Waals surface area contributed by atoms with Crippen molar-refractivity contribution in [3.8, 4) is 0 Å². The molecule has 0 aromatic rings. The second kappa shape index (κ2) is 5.31. The van der Waals surface area contributed by atoms with E-state index in [9.17, 15) is 5.11 Å². The lowest BCUT2D eigenvalue weighted by Gasteiger charge is -2.45. The zero-order chi connectivity index (χ0) is 15.1. The van der Waals surface area contributed by atoms with Gasteiger partial charge in [-0.1, -0.05) is 25.9 Å². The second-order valence-electron chi connectivity index (χ2n) is 7.32. The molecule has 2 saturated heterocycles. The van der Waals surface area contributed by atoms with Gasteiger partial charge in [0, 0.05) is 4.91 Å². The summed E-state index contributed by atoms with van der Waals surface area (Å²) in [5, 5.41) is 14.3. The third-order valence-corrected chi connectivity index (χ3v) is 9.41. The van der Waals surface area contributed by atoms with Crippen LogP contribution >= 0.6 is 0 Å². The number of hydrogen-bond acceptors (Lipinski definition) is 4. The highest BCUT2D eigenvalue weighted by Crippen LogP contribution is 2.42. The first kappa shape index (κ1) is 15.8. The van der Waals surface area contributed by atoms with E-state index in [0.717, 1.165) is 12.8 Å². The van der Waals surface area contributed by atoms with Crippen molar-refractivity contribution in [2.45, 2.75) is 82.2 Å². The van der Waals surface area contributed by atoms with E-state index in [2.05, 4.69) is 43.9 Å². The molecule has 0 aromatic heterocycles. The monoisotopic (exact) mass is 299 g/mol. The maximum absolute atomic E-state index is 10.5. The zero-order valence-corrected chi connectivity index (χ0v) is 13.9. The van der Waals surface area contributed by atoms with Crippen LogP contribution < -0.4 is 0 Å². The van der Waals surface area contributed by atoms with Crippen LogP contribution in [0, 0.1) is 0 Å². The summed E-state index contributed by atoms with van der Waals surface area (Å²) >= 11 is 0. The van der Waals surface area contributed by atoms with Gasteiger partial charge in [-0.3, -0.25) is 0 Å². The Labute approximate surface area is 121 Å². The number of ether oxygens (including phenoxy) is 1. The Bertz CT molecular complexity index is 418. The minimum atomic E-state index is -2.00. The number of hydrogen-bond donors (Lipinski definition) is 1. The smallest absolute Gasteiger partial charge is 0.192 e. The van der Waals surface area contributed by atoms with Crippen molar-refractivity contribution in [2.24, 2.45) is 5.11 Å². The summed E-state index contributed by atoms with van der Waals surface area (Å²) in [6, 6.07) is -0.534. The maximum atomic E-state index is 10.5. The predicted molar refractivity (Wildman–Crippen MR) is 78.9 cm³/mol. The average Bonchev–Trinajstić information content (AvgIpc) is 2.75. The second-order valence-corrected chi connectivity index (χ2v) is 12.1. The predicted octanol–water partition coefficient (Wildman–Crippen LogP) is 2.98. The van der Waals surface area contributed by atoms with Gasteiger partial charge < -0.3 is 14.3 Å². The number of azide groups is 1. The van der Waals surface area contributed by atoms with Gasteiger partial charge in [-0.15, -0.1) is 0 Å². The molecule has 7 heteroatoms. The lowest BCUT2D eigenvalue weighted by atomic mass is 9.99. The number of aliphatic hydroxyl groups is 1. The molecular formula is C13H25N3O3Si. The molecule has 2 heterocycles. The molecule has 0 aromatic carbocycles. The van der Waals surface area contributed by atoms with Gasteiger partial charge in [0.05, 0.1) is 30.5 Å². The molecule has 2 aliphatic rings. The van der Waals surface area contributed by atoms with E-state index in [1.165, 1.54) is 0 Å². The number of nitrogens with zero attached hydrogens (tertiary/aromatic N) is 3. The summed E-state index contributed by atoms with van der Waals surface area (Å²) in [4.78, 5) is 2.85. The first-order chi connectivity index (χ1) is 9.17. The first-order valence-corrected chi connectivity index (χ1v) is 10.1. The highest BCUT2D eigenvalue weighted by Gasteiger charge is 2.52. The Hall–Kier alpha value is -0.593. The standard InChI is InChI=1S/C13H25N3O3Si/c1-13(2,3)20(4,5)19-12-9-7-6-8(18-9)10(11(12)17)15-16-14/h8-12,17H,6-7H2,1-5H3/t8?,9-,10-,11?,12-/m1/s1. The number of rotatable bonds is 3. The number of aliphatic hydroxyl groups excluding tert-OH is 1. The summed E-state index contributed by atoms with van der Waals surface area (Å²) in [5.41, 5.74) is 8.67. The van der Waals surface area contributed by atoms with Crippen LogP contribution in [0.4, 0.5) is 0 Å². The molecule has 2 rings (SSSR count). The average molecular weight is 299 g/mol. The summed E-state index contributed by atoms with van der Waals surface area (Å²) in [5.74, 6) is 0. The van der Waals surface area contributed by atoms with Gasteiger partial charge in [0.2, 0.25) is 0 Å². The first-order valence-electron chi connectivity index (χ1n) is 7.23. The minimum absolute atomic E-state index is 0.0656. The molecule has 0 amide bonds. The Morgan fingerprint density at radius 1 is 1.30 bits per heavy atom. The fourth-order valence-corrected chi connectivity index (χ4v) is 4.01. The molecule has 2 unspecified atom stereocenters. The van der Waals surface area contributed by atoms with Crippen molar-refractivity contribution >= 4 is 8.32 Å². The van der Waals surface area contributed by atoms with Gasteiger partial charge in [0.1, 0.15) is 0 Å².